The molecule has 1 fully saturated rings. The molecule has 1 aromatic rings. The molecule has 1 unspecified atom stereocenters. The summed E-state index contributed by atoms with van der Waals surface area (Å²) in [5.74, 6) is 0.209. The van der Waals surface area contributed by atoms with E-state index in [4.69, 9.17) is 5.73 Å². The van der Waals surface area contributed by atoms with E-state index >= 15 is 0 Å². The lowest BCUT2D eigenvalue weighted by molar-refractivity contribution is 0.0912. The van der Waals surface area contributed by atoms with E-state index in [1.807, 2.05) is 0 Å². The van der Waals surface area contributed by atoms with Crippen molar-refractivity contribution in [1.82, 2.24) is 14.3 Å². The van der Waals surface area contributed by atoms with E-state index in [-0.39, 0.29) is 16.8 Å². The summed E-state index contributed by atoms with van der Waals surface area (Å²) in [5.41, 5.74) is 5.34. The Labute approximate surface area is 112 Å². The van der Waals surface area contributed by atoms with Crippen LogP contribution in [0.4, 0.5) is 5.95 Å². The van der Waals surface area contributed by atoms with Crippen molar-refractivity contribution >= 4 is 16.0 Å². The van der Waals surface area contributed by atoms with Crippen LogP contribution in [0.3, 0.4) is 0 Å². The van der Waals surface area contributed by atoms with Crippen molar-refractivity contribution in [2.24, 2.45) is 5.92 Å². The molecular weight excluding hydrogens is 268 g/mol. The molecule has 2 heterocycles. The van der Waals surface area contributed by atoms with E-state index in [0.29, 0.717) is 25.9 Å². The maximum absolute atomic E-state index is 12.3. The minimum atomic E-state index is -3.56. The lowest BCUT2D eigenvalue weighted by atomic mass is 9.93. The van der Waals surface area contributed by atoms with Gasteiger partial charge in [0.25, 0.3) is 0 Å². The monoisotopic (exact) mass is 286 g/mol. The quantitative estimate of drug-likeness (QED) is 0.799. The Morgan fingerprint density at radius 2 is 1.89 bits per heavy atom. The zero-order chi connectivity index (χ0) is 14.0. The number of aromatic nitrogens is 2. The number of nitrogens with two attached hydrogens (primary N) is 1. The minimum absolute atomic E-state index is 0.0479. The van der Waals surface area contributed by atoms with E-state index in [1.54, 1.807) is 6.92 Å². The van der Waals surface area contributed by atoms with E-state index in [2.05, 4.69) is 9.97 Å². The van der Waals surface area contributed by atoms with Gasteiger partial charge in [-0.2, -0.15) is 4.31 Å². The van der Waals surface area contributed by atoms with Crippen molar-refractivity contribution in [3.8, 4) is 0 Å². The predicted octanol–water partition coefficient (Wildman–Crippen LogP) is -0.160. The highest BCUT2D eigenvalue weighted by atomic mass is 32.2. The Morgan fingerprint density at radius 3 is 2.37 bits per heavy atom. The fourth-order valence-corrected chi connectivity index (χ4v) is 3.57. The molecule has 0 bridgehead atoms. The van der Waals surface area contributed by atoms with Gasteiger partial charge in [-0.1, -0.05) is 0 Å². The number of hydrogen-bond acceptors (Lipinski definition) is 6. The van der Waals surface area contributed by atoms with Crippen molar-refractivity contribution in [2.75, 3.05) is 18.8 Å². The zero-order valence-electron chi connectivity index (χ0n) is 10.7. The van der Waals surface area contributed by atoms with Gasteiger partial charge in [-0.25, -0.2) is 18.4 Å². The average Bonchev–Trinajstić information content (AvgIpc) is 2.39. The van der Waals surface area contributed by atoms with Gasteiger partial charge in [0.1, 0.15) is 4.90 Å². The summed E-state index contributed by atoms with van der Waals surface area (Å²) in [7, 11) is -3.56. The van der Waals surface area contributed by atoms with Crippen LogP contribution < -0.4 is 5.73 Å². The van der Waals surface area contributed by atoms with Gasteiger partial charge in [-0.3, -0.25) is 0 Å². The summed E-state index contributed by atoms with van der Waals surface area (Å²) in [6.07, 6.45) is 3.36. The van der Waals surface area contributed by atoms with Crippen LogP contribution >= 0.6 is 0 Å². The van der Waals surface area contributed by atoms with Gasteiger partial charge in [0.2, 0.25) is 16.0 Å². The number of sulfonamides is 1. The highest BCUT2D eigenvalue weighted by Crippen LogP contribution is 2.25. The molecule has 106 valence electrons. The van der Waals surface area contributed by atoms with Gasteiger partial charge < -0.3 is 10.8 Å². The zero-order valence-corrected chi connectivity index (χ0v) is 11.5. The van der Waals surface area contributed by atoms with Crippen LogP contribution in [0.25, 0.3) is 0 Å². The van der Waals surface area contributed by atoms with Gasteiger partial charge in [-0.15, -0.1) is 0 Å². The summed E-state index contributed by atoms with van der Waals surface area (Å²) in [6.45, 7) is 2.55. The smallest absolute Gasteiger partial charge is 0.246 e. The Hall–Kier alpha value is -1.25. The summed E-state index contributed by atoms with van der Waals surface area (Å²) < 4.78 is 26.0. The summed E-state index contributed by atoms with van der Waals surface area (Å²) in [4.78, 5) is 7.46. The Balaban J connectivity index is 2.12. The number of aliphatic hydroxyl groups is 1. The molecule has 3 N–H and O–H groups in total. The molecule has 1 atom stereocenters. The van der Waals surface area contributed by atoms with Crippen LogP contribution in [-0.2, 0) is 10.0 Å². The van der Waals surface area contributed by atoms with E-state index in [1.165, 1.54) is 16.7 Å². The third-order valence-corrected chi connectivity index (χ3v) is 5.32. The van der Waals surface area contributed by atoms with E-state index < -0.39 is 16.1 Å². The van der Waals surface area contributed by atoms with Crippen molar-refractivity contribution in [3.05, 3.63) is 12.4 Å². The number of hydrogen-bond donors (Lipinski definition) is 2. The summed E-state index contributed by atoms with van der Waals surface area (Å²) >= 11 is 0. The van der Waals surface area contributed by atoms with Crippen LogP contribution in [0.2, 0.25) is 0 Å². The second-order valence-electron chi connectivity index (χ2n) is 4.76. The maximum Gasteiger partial charge on any atom is 0.246 e. The number of rotatable bonds is 3. The molecule has 0 spiro atoms. The molecule has 1 aliphatic rings. The van der Waals surface area contributed by atoms with Crippen molar-refractivity contribution in [1.29, 1.82) is 0 Å². The Bertz CT molecular complexity index is 521. The van der Waals surface area contributed by atoms with Gasteiger partial charge in [-0.05, 0) is 25.7 Å². The highest BCUT2D eigenvalue weighted by molar-refractivity contribution is 7.89. The first-order valence-electron chi connectivity index (χ1n) is 6.17. The van der Waals surface area contributed by atoms with Gasteiger partial charge in [0.05, 0.1) is 18.5 Å². The molecule has 0 amide bonds. The molecular formula is C11H18N4O3S. The average molecular weight is 286 g/mol. The lowest BCUT2D eigenvalue weighted by Crippen LogP contribution is -2.40. The summed E-state index contributed by atoms with van der Waals surface area (Å²) in [6, 6.07) is 0. The normalized spacial score (nSPS) is 20.3. The second kappa shape index (κ2) is 5.40. The molecule has 0 aliphatic carbocycles. The van der Waals surface area contributed by atoms with Crippen molar-refractivity contribution in [2.45, 2.75) is 30.8 Å². The summed E-state index contributed by atoms with van der Waals surface area (Å²) in [5, 5.41) is 9.51. The molecule has 0 radical (unpaired) electrons. The SMILES string of the molecule is CC(O)C1CCN(S(=O)(=O)c2cnc(N)nc2)CC1. The molecule has 19 heavy (non-hydrogen) atoms. The fourth-order valence-electron chi connectivity index (χ4n) is 2.21. The molecule has 7 nitrogen and oxygen atoms in total. The molecule has 0 aromatic carbocycles. The topological polar surface area (TPSA) is 109 Å². The van der Waals surface area contributed by atoms with E-state index in [0.717, 1.165) is 0 Å². The Morgan fingerprint density at radius 1 is 1.37 bits per heavy atom. The number of piperidine rings is 1. The molecule has 2 rings (SSSR count). The first-order valence-corrected chi connectivity index (χ1v) is 7.61. The molecule has 0 saturated carbocycles. The predicted molar refractivity (Wildman–Crippen MR) is 69.6 cm³/mol. The second-order valence-corrected chi connectivity index (χ2v) is 6.70. The molecule has 1 aromatic heterocycles. The number of aliphatic hydroxyl groups excluding tert-OH is 1. The number of nitrogen functional groups attached to an aromatic ring is 1. The highest BCUT2D eigenvalue weighted by Gasteiger charge is 2.31. The molecule has 1 saturated heterocycles. The first-order chi connectivity index (χ1) is 8.91. The van der Waals surface area contributed by atoms with Gasteiger partial charge >= 0.3 is 0 Å². The van der Waals surface area contributed by atoms with Gasteiger partial charge in [0, 0.05) is 13.1 Å². The third-order valence-electron chi connectivity index (χ3n) is 3.47. The Kier molecular flexibility index (Phi) is 4.02. The van der Waals surface area contributed by atoms with Crippen LogP contribution in [-0.4, -0.2) is 47.0 Å². The van der Waals surface area contributed by atoms with Crippen molar-refractivity contribution < 1.29 is 13.5 Å². The number of anilines is 1. The van der Waals surface area contributed by atoms with Crippen LogP contribution in [0.15, 0.2) is 17.3 Å². The fraction of sp³-hybridized carbons (Fsp3) is 0.636. The first kappa shape index (κ1) is 14.2. The van der Waals surface area contributed by atoms with Crippen LogP contribution in [0.1, 0.15) is 19.8 Å². The molecule has 8 heteroatoms. The van der Waals surface area contributed by atoms with Crippen molar-refractivity contribution in [3.63, 3.8) is 0 Å². The van der Waals surface area contributed by atoms with Crippen LogP contribution in [0, 0.1) is 5.92 Å². The molecule has 1 aliphatic heterocycles. The number of nitrogens with zero attached hydrogens (tertiary/aromatic N) is 3. The van der Waals surface area contributed by atoms with E-state index in [9.17, 15) is 13.5 Å². The van der Waals surface area contributed by atoms with Gasteiger partial charge in [0.15, 0.2) is 0 Å². The lowest BCUT2D eigenvalue weighted by Gasteiger charge is -2.32. The standard InChI is InChI=1S/C11H18N4O3S/c1-8(16)9-2-4-15(5-3-9)19(17,18)10-6-13-11(12)14-7-10/h6-9,16H,2-5H2,1H3,(H2,12,13,14). The minimum Gasteiger partial charge on any atom is -0.393 e. The van der Waals surface area contributed by atoms with Crippen LogP contribution in [0.5, 0.6) is 0 Å². The maximum atomic E-state index is 12.3. The largest absolute Gasteiger partial charge is 0.393 e. The third kappa shape index (κ3) is 3.02.